The number of para-hydroxylation sites is 2. The summed E-state index contributed by atoms with van der Waals surface area (Å²) in [6.07, 6.45) is 0.897. The Balaban J connectivity index is 1.76. The van der Waals surface area contributed by atoms with Crippen molar-refractivity contribution in [1.82, 2.24) is 24.5 Å². The molecule has 3 aromatic heterocycles. The van der Waals surface area contributed by atoms with Gasteiger partial charge in [-0.15, -0.1) is 16.4 Å². The summed E-state index contributed by atoms with van der Waals surface area (Å²) in [5, 5.41) is 16.4. The van der Waals surface area contributed by atoms with E-state index in [1.54, 1.807) is 33.2 Å². The van der Waals surface area contributed by atoms with Crippen LogP contribution in [0.5, 0.6) is 5.75 Å². The van der Waals surface area contributed by atoms with Gasteiger partial charge in [0.1, 0.15) is 11.2 Å². The maximum Gasteiger partial charge on any atom is 0.310 e. The van der Waals surface area contributed by atoms with Crippen LogP contribution in [-0.4, -0.2) is 49.4 Å². The summed E-state index contributed by atoms with van der Waals surface area (Å²) in [5.74, 6) is 0.401. The first-order valence-electron chi connectivity index (χ1n) is 9.04. The molecule has 0 aliphatic heterocycles. The lowest BCUT2D eigenvalue weighted by molar-refractivity contribution is -0.386. The molecule has 11 heteroatoms. The molecule has 1 amide bonds. The number of hydrogen-bond acceptors (Lipinski definition) is 8. The van der Waals surface area contributed by atoms with Crippen LogP contribution in [0.4, 0.5) is 5.69 Å². The van der Waals surface area contributed by atoms with Gasteiger partial charge in [-0.05, 0) is 25.5 Å². The summed E-state index contributed by atoms with van der Waals surface area (Å²) in [6.45, 7) is 3.58. The van der Waals surface area contributed by atoms with Crippen LogP contribution in [0.15, 0.2) is 30.6 Å². The van der Waals surface area contributed by atoms with E-state index in [-0.39, 0.29) is 17.3 Å². The number of aromatic nitrogens is 4. The minimum Gasteiger partial charge on any atom is -0.476 e. The second kappa shape index (κ2) is 7.34. The van der Waals surface area contributed by atoms with Gasteiger partial charge in [0.15, 0.2) is 23.3 Å². The van der Waals surface area contributed by atoms with Crippen LogP contribution in [0.3, 0.4) is 0 Å². The van der Waals surface area contributed by atoms with Crippen molar-refractivity contribution >= 4 is 38.8 Å². The Morgan fingerprint density at radius 1 is 1.33 bits per heavy atom. The number of rotatable bonds is 5. The van der Waals surface area contributed by atoms with Gasteiger partial charge in [-0.25, -0.2) is 14.5 Å². The Kier molecular flexibility index (Phi) is 4.82. The van der Waals surface area contributed by atoms with Crippen molar-refractivity contribution in [2.75, 3.05) is 14.1 Å². The topological polar surface area (TPSA) is 116 Å². The van der Waals surface area contributed by atoms with Gasteiger partial charge in [0, 0.05) is 20.2 Å². The van der Waals surface area contributed by atoms with E-state index < -0.39 is 11.0 Å². The van der Waals surface area contributed by atoms with Crippen molar-refractivity contribution in [2.45, 2.75) is 20.0 Å². The number of carbonyl (C=O) groups excluding carboxylic acids is 1. The Morgan fingerprint density at radius 3 is 2.77 bits per heavy atom. The molecule has 0 radical (unpaired) electrons. The summed E-state index contributed by atoms with van der Waals surface area (Å²) in [7, 11) is 3.40. The predicted molar refractivity (Wildman–Crippen MR) is 111 cm³/mol. The highest BCUT2D eigenvalue weighted by Gasteiger charge is 2.24. The van der Waals surface area contributed by atoms with E-state index in [0.717, 1.165) is 10.9 Å². The Bertz CT molecular complexity index is 1300. The van der Waals surface area contributed by atoms with Gasteiger partial charge in [0.05, 0.1) is 15.2 Å². The summed E-state index contributed by atoms with van der Waals surface area (Å²) in [6, 6.07) is 6.15. The largest absolute Gasteiger partial charge is 0.476 e. The third kappa shape index (κ3) is 3.22. The minimum absolute atomic E-state index is 0.0959. The third-order valence-electron chi connectivity index (χ3n) is 4.61. The van der Waals surface area contributed by atoms with Gasteiger partial charge in [0.25, 0.3) is 5.91 Å². The molecule has 4 aromatic rings. The van der Waals surface area contributed by atoms with E-state index in [2.05, 4.69) is 15.1 Å². The van der Waals surface area contributed by atoms with Crippen LogP contribution in [0.25, 0.3) is 15.9 Å². The number of ether oxygens (including phenoxy) is 1. The number of nitrogens with zero attached hydrogens (tertiary/aromatic N) is 6. The number of amides is 1. The first-order valence-corrected chi connectivity index (χ1v) is 9.85. The zero-order valence-electron chi connectivity index (χ0n) is 16.7. The quantitative estimate of drug-likeness (QED) is 0.355. The fourth-order valence-corrected chi connectivity index (χ4v) is 4.25. The maximum absolute atomic E-state index is 12.5. The fraction of sp³-hybridized carbons (Fsp3) is 0.263. The number of fused-ring (bicyclic) bond motifs is 3. The number of benzene rings is 1. The van der Waals surface area contributed by atoms with Crippen molar-refractivity contribution < 1.29 is 14.5 Å². The number of hydrogen-bond donors (Lipinski definition) is 0. The van der Waals surface area contributed by atoms with Crippen LogP contribution >= 0.6 is 11.3 Å². The van der Waals surface area contributed by atoms with Crippen LogP contribution in [0.1, 0.15) is 34.1 Å². The molecule has 4 rings (SSSR count). The average Bonchev–Trinajstić information content (AvgIpc) is 3.28. The number of aryl methyl sites for hydroxylation is 1. The highest BCUT2D eigenvalue weighted by molar-refractivity contribution is 7.20. The lowest BCUT2D eigenvalue weighted by atomic mass is 10.2. The number of nitro benzene ring substituents is 1. The summed E-state index contributed by atoms with van der Waals surface area (Å²) < 4.78 is 7.31. The van der Waals surface area contributed by atoms with Gasteiger partial charge in [-0.1, -0.05) is 12.1 Å². The predicted octanol–water partition coefficient (Wildman–Crippen LogP) is 3.40. The van der Waals surface area contributed by atoms with Crippen LogP contribution in [-0.2, 0) is 0 Å². The lowest BCUT2D eigenvalue weighted by Gasteiger charge is -2.11. The van der Waals surface area contributed by atoms with Crippen molar-refractivity contribution in [3.05, 3.63) is 57.0 Å². The van der Waals surface area contributed by atoms with Crippen LogP contribution < -0.4 is 4.74 Å². The van der Waals surface area contributed by atoms with Crippen molar-refractivity contribution in [3.8, 4) is 5.75 Å². The third-order valence-corrected chi connectivity index (χ3v) is 5.80. The van der Waals surface area contributed by atoms with Crippen LogP contribution in [0.2, 0.25) is 0 Å². The molecule has 0 aliphatic carbocycles. The van der Waals surface area contributed by atoms with E-state index >= 15 is 0 Å². The zero-order chi connectivity index (χ0) is 21.6. The molecule has 0 fully saturated rings. The van der Waals surface area contributed by atoms with Gasteiger partial charge in [0.2, 0.25) is 0 Å². The van der Waals surface area contributed by atoms with Gasteiger partial charge >= 0.3 is 5.69 Å². The summed E-state index contributed by atoms with van der Waals surface area (Å²) in [5.41, 5.74) is 1.22. The minimum atomic E-state index is -0.636. The molecule has 1 atom stereocenters. The fourth-order valence-electron chi connectivity index (χ4n) is 3.08. The molecule has 3 heterocycles. The van der Waals surface area contributed by atoms with Gasteiger partial charge in [-0.2, -0.15) is 0 Å². The van der Waals surface area contributed by atoms with E-state index in [0.29, 0.717) is 21.2 Å². The Hall–Kier alpha value is -3.60. The number of thiophene rings is 1. The summed E-state index contributed by atoms with van der Waals surface area (Å²) in [4.78, 5) is 35.0. The smallest absolute Gasteiger partial charge is 0.310 e. The molecule has 0 unspecified atom stereocenters. The Labute approximate surface area is 174 Å². The highest BCUT2D eigenvalue weighted by Crippen LogP contribution is 2.33. The zero-order valence-corrected chi connectivity index (χ0v) is 17.5. The van der Waals surface area contributed by atoms with Crippen molar-refractivity contribution in [2.24, 2.45) is 0 Å². The molecule has 0 saturated heterocycles. The molecule has 0 N–H and O–H groups in total. The molecular weight excluding hydrogens is 408 g/mol. The van der Waals surface area contributed by atoms with Crippen molar-refractivity contribution in [1.29, 1.82) is 0 Å². The Morgan fingerprint density at radius 2 is 2.07 bits per heavy atom. The SMILES string of the molecule is Cc1c(C(=O)N(C)C)sc2ncn3nc([C@H](C)Oc4ccccc4[N+](=O)[O-])nc3c12. The number of carbonyl (C=O) groups is 1. The first-order chi connectivity index (χ1) is 14.3. The molecule has 0 bridgehead atoms. The van der Waals surface area contributed by atoms with E-state index in [9.17, 15) is 14.9 Å². The molecular formula is C19H18N6O4S. The average molecular weight is 426 g/mol. The second-order valence-electron chi connectivity index (χ2n) is 6.90. The molecule has 0 saturated carbocycles. The molecule has 10 nitrogen and oxygen atoms in total. The van der Waals surface area contributed by atoms with Gasteiger partial charge < -0.3 is 9.64 Å². The standard InChI is InChI=1S/C19H18N6O4S/c1-10-14-17-21-16(11(2)29-13-8-6-5-7-12(13)25(27)28)22-24(17)9-20-18(14)30-15(10)19(26)23(3)4/h5-9,11H,1-4H3/t11-/m0/s1. The summed E-state index contributed by atoms with van der Waals surface area (Å²) >= 11 is 1.31. The first kappa shape index (κ1) is 19.7. The van der Waals surface area contributed by atoms with E-state index in [1.807, 2.05) is 6.92 Å². The van der Waals surface area contributed by atoms with Gasteiger partial charge in [-0.3, -0.25) is 14.9 Å². The van der Waals surface area contributed by atoms with Crippen LogP contribution in [0, 0.1) is 17.0 Å². The maximum atomic E-state index is 12.5. The second-order valence-corrected chi connectivity index (χ2v) is 7.90. The molecule has 1 aromatic carbocycles. The molecule has 0 aliphatic rings. The number of nitro groups is 1. The normalized spacial score (nSPS) is 12.3. The van der Waals surface area contributed by atoms with Crippen molar-refractivity contribution in [3.63, 3.8) is 0 Å². The van der Waals surface area contributed by atoms with E-state index in [1.165, 1.54) is 39.2 Å². The molecule has 0 spiro atoms. The molecule has 30 heavy (non-hydrogen) atoms. The monoisotopic (exact) mass is 426 g/mol. The molecule has 154 valence electrons. The highest BCUT2D eigenvalue weighted by atomic mass is 32.1. The lowest BCUT2D eigenvalue weighted by Crippen LogP contribution is -2.21. The van der Waals surface area contributed by atoms with E-state index in [4.69, 9.17) is 4.74 Å².